The molecule has 1 N–H and O–H groups in total. The Morgan fingerprint density at radius 3 is 2.81 bits per heavy atom. The highest BCUT2D eigenvalue weighted by Crippen LogP contribution is 2.37. The number of carbonyl (C=O) groups is 1. The summed E-state index contributed by atoms with van der Waals surface area (Å²) in [5, 5.41) is 7.11. The van der Waals surface area contributed by atoms with Gasteiger partial charge >= 0.3 is 0 Å². The maximum atomic E-state index is 14.3. The van der Waals surface area contributed by atoms with Gasteiger partial charge in [-0.1, -0.05) is 24.3 Å². The molecule has 5 rings (SSSR count). The van der Waals surface area contributed by atoms with Crippen molar-refractivity contribution in [1.29, 1.82) is 0 Å². The predicted molar refractivity (Wildman–Crippen MR) is 114 cm³/mol. The van der Waals surface area contributed by atoms with E-state index in [9.17, 15) is 9.18 Å². The number of carbonyl (C=O) groups excluding carboxylic acids is 1. The summed E-state index contributed by atoms with van der Waals surface area (Å²) in [5.74, 6) is 1.15. The van der Waals surface area contributed by atoms with Gasteiger partial charge in [0.05, 0.1) is 12.2 Å². The molecule has 0 radical (unpaired) electrons. The summed E-state index contributed by atoms with van der Waals surface area (Å²) in [6.45, 7) is 0.810. The van der Waals surface area contributed by atoms with Crippen LogP contribution in [0.3, 0.4) is 0 Å². The van der Waals surface area contributed by atoms with E-state index in [0.717, 1.165) is 16.7 Å². The third-order valence-electron chi connectivity index (χ3n) is 5.70. The molecule has 1 amide bonds. The SMILES string of the molecule is Cn1cc(-c2ccc(NC(=O)[C@H]3C[C@H](F)CN3Cc3cccc4c3OCO4)cc2)cn1. The maximum absolute atomic E-state index is 14.3. The topological polar surface area (TPSA) is 68.6 Å². The van der Waals surface area contributed by atoms with Crippen molar-refractivity contribution in [2.75, 3.05) is 18.7 Å². The van der Waals surface area contributed by atoms with Crippen LogP contribution in [0.15, 0.2) is 54.9 Å². The highest BCUT2D eigenvalue weighted by atomic mass is 19.1. The molecule has 1 aromatic heterocycles. The van der Waals surface area contributed by atoms with E-state index in [1.165, 1.54) is 0 Å². The zero-order chi connectivity index (χ0) is 21.4. The van der Waals surface area contributed by atoms with Crippen LogP contribution >= 0.6 is 0 Å². The first-order valence-corrected chi connectivity index (χ1v) is 10.2. The van der Waals surface area contributed by atoms with Crippen LogP contribution in [-0.2, 0) is 18.4 Å². The van der Waals surface area contributed by atoms with Crippen molar-refractivity contribution in [2.24, 2.45) is 7.05 Å². The average molecular weight is 422 g/mol. The summed E-state index contributed by atoms with van der Waals surface area (Å²) in [6.07, 6.45) is 2.85. The van der Waals surface area contributed by atoms with Crippen molar-refractivity contribution in [2.45, 2.75) is 25.2 Å². The van der Waals surface area contributed by atoms with Gasteiger partial charge in [0.1, 0.15) is 6.17 Å². The fourth-order valence-electron chi connectivity index (χ4n) is 4.17. The fourth-order valence-corrected chi connectivity index (χ4v) is 4.17. The van der Waals surface area contributed by atoms with E-state index >= 15 is 0 Å². The zero-order valence-electron chi connectivity index (χ0n) is 17.1. The number of likely N-dealkylation sites (tertiary alicyclic amines) is 1. The van der Waals surface area contributed by atoms with E-state index in [1.807, 2.05) is 60.6 Å². The van der Waals surface area contributed by atoms with Gasteiger partial charge in [0.15, 0.2) is 11.5 Å². The fraction of sp³-hybridized carbons (Fsp3) is 0.304. The smallest absolute Gasteiger partial charge is 0.241 e. The molecule has 0 bridgehead atoms. The molecule has 2 aromatic carbocycles. The number of fused-ring (bicyclic) bond motifs is 1. The van der Waals surface area contributed by atoms with Crippen molar-refractivity contribution < 1.29 is 18.7 Å². The summed E-state index contributed by atoms with van der Waals surface area (Å²) >= 11 is 0. The van der Waals surface area contributed by atoms with Gasteiger partial charge in [-0.3, -0.25) is 14.4 Å². The molecular formula is C23H23FN4O3. The molecule has 160 valence electrons. The van der Waals surface area contributed by atoms with E-state index in [2.05, 4.69) is 10.4 Å². The van der Waals surface area contributed by atoms with Crippen molar-refractivity contribution in [1.82, 2.24) is 14.7 Å². The quantitative estimate of drug-likeness (QED) is 0.683. The number of hydrogen-bond donors (Lipinski definition) is 1. The normalized spacial score (nSPS) is 20.2. The summed E-state index contributed by atoms with van der Waals surface area (Å²) in [5.41, 5.74) is 3.58. The lowest BCUT2D eigenvalue weighted by Crippen LogP contribution is -2.39. The molecule has 2 aliphatic rings. The number of ether oxygens (including phenoxy) is 2. The van der Waals surface area contributed by atoms with Crippen LogP contribution in [0.2, 0.25) is 0 Å². The predicted octanol–water partition coefficient (Wildman–Crippen LogP) is 3.37. The molecule has 1 saturated heterocycles. The van der Waals surface area contributed by atoms with Gasteiger partial charge in [-0.25, -0.2) is 4.39 Å². The number of rotatable bonds is 5. The van der Waals surface area contributed by atoms with Crippen molar-refractivity contribution in [3.63, 3.8) is 0 Å². The Balaban J connectivity index is 1.28. The molecule has 0 spiro atoms. The number of alkyl halides is 1. The van der Waals surface area contributed by atoms with Crippen molar-refractivity contribution in [3.05, 3.63) is 60.4 Å². The van der Waals surface area contributed by atoms with Gasteiger partial charge in [-0.2, -0.15) is 5.10 Å². The molecule has 2 aliphatic heterocycles. The number of para-hydroxylation sites is 1. The lowest BCUT2D eigenvalue weighted by molar-refractivity contribution is -0.120. The molecule has 1 fully saturated rings. The minimum absolute atomic E-state index is 0.173. The zero-order valence-corrected chi connectivity index (χ0v) is 17.1. The Kier molecular flexibility index (Phi) is 5.07. The number of nitrogens with zero attached hydrogens (tertiary/aromatic N) is 3. The number of nitrogens with one attached hydrogen (secondary N) is 1. The van der Waals surface area contributed by atoms with Gasteiger partial charge in [0.2, 0.25) is 12.7 Å². The van der Waals surface area contributed by atoms with E-state index in [0.29, 0.717) is 23.7 Å². The lowest BCUT2D eigenvalue weighted by atomic mass is 10.1. The first-order chi connectivity index (χ1) is 15.1. The minimum Gasteiger partial charge on any atom is -0.454 e. The van der Waals surface area contributed by atoms with Crippen LogP contribution in [0, 0.1) is 0 Å². The van der Waals surface area contributed by atoms with Crippen LogP contribution < -0.4 is 14.8 Å². The highest BCUT2D eigenvalue weighted by Gasteiger charge is 2.37. The Labute approximate surface area is 179 Å². The molecule has 31 heavy (non-hydrogen) atoms. The van der Waals surface area contributed by atoms with E-state index in [1.54, 1.807) is 10.9 Å². The van der Waals surface area contributed by atoms with Crippen molar-refractivity contribution in [3.8, 4) is 22.6 Å². The Morgan fingerprint density at radius 1 is 1.19 bits per heavy atom. The molecule has 0 aliphatic carbocycles. The third kappa shape index (κ3) is 3.98. The number of anilines is 1. The van der Waals surface area contributed by atoms with Gasteiger partial charge in [-0.15, -0.1) is 0 Å². The molecule has 0 unspecified atom stereocenters. The van der Waals surface area contributed by atoms with Gasteiger partial charge in [-0.05, 0) is 23.8 Å². The first-order valence-electron chi connectivity index (χ1n) is 10.2. The second-order valence-corrected chi connectivity index (χ2v) is 7.90. The molecule has 8 heteroatoms. The largest absolute Gasteiger partial charge is 0.454 e. The van der Waals surface area contributed by atoms with Crippen LogP contribution in [0.1, 0.15) is 12.0 Å². The maximum Gasteiger partial charge on any atom is 0.241 e. The van der Waals surface area contributed by atoms with Crippen LogP contribution in [0.5, 0.6) is 11.5 Å². The summed E-state index contributed by atoms with van der Waals surface area (Å²) in [4.78, 5) is 14.8. The van der Waals surface area contributed by atoms with Crippen molar-refractivity contribution >= 4 is 11.6 Å². The number of amides is 1. The Morgan fingerprint density at radius 2 is 2.03 bits per heavy atom. The molecule has 3 aromatic rings. The Hall–Kier alpha value is -3.39. The van der Waals surface area contributed by atoms with E-state index in [4.69, 9.17) is 9.47 Å². The second-order valence-electron chi connectivity index (χ2n) is 7.90. The molecular weight excluding hydrogens is 399 g/mol. The summed E-state index contributed by atoms with van der Waals surface area (Å²) in [7, 11) is 1.87. The van der Waals surface area contributed by atoms with Crippen LogP contribution in [0.4, 0.5) is 10.1 Å². The minimum atomic E-state index is -1.04. The lowest BCUT2D eigenvalue weighted by Gasteiger charge is -2.23. The van der Waals surface area contributed by atoms with Gasteiger partial charge in [0.25, 0.3) is 0 Å². The standard InChI is InChI=1S/C23H23FN4O3/c1-27-11-17(10-25-27)15-5-7-19(8-6-15)26-23(29)20-9-18(24)13-28(20)12-16-3-2-4-21-22(16)31-14-30-21/h2-8,10-11,18,20H,9,12-14H2,1H3,(H,26,29)/t18-,20+/m0/s1. The highest BCUT2D eigenvalue weighted by molar-refractivity contribution is 5.95. The first kappa shape index (κ1) is 19.6. The number of hydrogen-bond acceptors (Lipinski definition) is 5. The third-order valence-corrected chi connectivity index (χ3v) is 5.70. The van der Waals surface area contributed by atoms with Crippen LogP contribution in [0.25, 0.3) is 11.1 Å². The van der Waals surface area contributed by atoms with Gasteiger partial charge < -0.3 is 14.8 Å². The van der Waals surface area contributed by atoms with E-state index < -0.39 is 12.2 Å². The van der Waals surface area contributed by atoms with E-state index in [-0.39, 0.29) is 25.7 Å². The Bertz CT molecular complexity index is 1100. The number of benzene rings is 2. The molecule has 0 saturated carbocycles. The summed E-state index contributed by atoms with van der Waals surface area (Å²) in [6, 6.07) is 12.7. The number of aryl methyl sites for hydroxylation is 1. The number of halogens is 1. The van der Waals surface area contributed by atoms with Crippen LogP contribution in [-0.4, -0.2) is 46.1 Å². The average Bonchev–Trinajstić information content (AvgIpc) is 3.49. The monoisotopic (exact) mass is 422 g/mol. The second kappa shape index (κ2) is 8.03. The number of aromatic nitrogens is 2. The molecule has 7 nitrogen and oxygen atoms in total. The molecule has 3 heterocycles. The summed E-state index contributed by atoms with van der Waals surface area (Å²) < 4.78 is 27.0. The molecule has 2 atom stereocenters. The van der Waals surface area contributed by atoms with Gasteiger partial charge in [0, 0.05) is 49.6 Å².